The van der Waals surface area contributed by atoms with E-state index in [0.717, 1.165) is 31.2 Å². The van der Waals surface area contributed by atoms with Crippen molar-refractivity contribution in [3.63, 3.8) is 0 Å². The number of rotatable bonds is 4. The van der Waals surface area contributed by atoms with E-state index in [9.17, 15) is 0 Å². The number of hydrogen-bond donors (Lipinski definition) is 0. The number of ether oxygens (including phenoxy) is 2. The summed E-state index contributed by atoms with van der Waals surface area (Å²) in [6.07, 6.45) is 3.78. The third-order valence-corrected chi connectivity index (χ3v) is 3.75. The zero-order valence-electron chi connectivity index (χ0n) is 13.1. The molecule has 0 aromatic carbocycles. The van der Waals surface area contributed by atoms with Gasteiger partial charge in [-0.15, -0.1) is 0 Å². The highest BCUT2D eigenvalue weighted by Crippen LogP contribution is 2.13. The first kappa shape index (κ1) is 15.0. The van der Waals surface area contributed by atoms with Crippen LogP contribution in [0.1, 0.15) is 11.5 Å². The van der Waals surface area contributed by atoms with Crippen molar-refractivity contribution in [2.75, 3.05) is 26.3 Å². The average molecular weight is 302 g/mol. The van der Waals surface area contributed by atoms with E-state index in [-0.39, 0.29) is 6.10 Å². The summed E-state index contributed by atoms with van der Waals surface area (Å²) in [5.41, 5.74) is 0.955. The van der Waals surface area contributed by atoms with Crippen LogP contribution in [-0.2, 0) is 18.3 Å². The first-order valence-corrected chi connectivity index (χ1v) is 7.57. The van der Waals surface area contributed by atoms with Crippen LogP contribution in [0.15, 0.2) is 30.6 Å². The molecule has 6 heteroatoms. The summed E-state index contributed by atoms with van der Waals surface area (Å²) in [6.45, 7) is 5.76. The molecule has 0 aliphatic carbocycles. The van der Waals surface area contributed by atoms with E-state index < -0.39 is 0 Å². The number of pyridine rings is 1. The van der Waals surface area contributed by atoms with Crippen LogP contribution in [-0.4, -0.2) is 51.8 Å². The molecule has 1 aliphatic rings. The monoisotopic (exact) mass is 302 g/mol. The van der Waals surface area contributed by atoms with Gasteiger partial charge in [0.2, 0.25) is 5.88 Å². The molecule has 0 bridgehead atoms. The Bertz CT molecular complexity index is 614. The highest BCUT2D eigenvalue weighted by atomic mass is 16.5. The van der Waals surface area contributed by atoms with Gasteiger partial charge in [0.15, 0.2) is 0 Å². The fourth-order valence-corrected chi connectivity index (χ4v) is 2.56. The molecule has 118 valence electrons. The number of hydrogen-bond acceptors (Lipinski definition) is 5. The Hall–Kier alpha value is -1.92. The highest BCUT2D eigenvalue weighted by molar-refractivity contribution is 5.15. The summed E-state index contributed by atoms with van der Waals surface area (Å²) < 4.78 is 13.7. The zero-order chi connectivity index (χ0) is 15.4. The van der Waals surface area contributed by atoms with Crippen LogP contribution in [0.4, 0.5) is 0 Å². The molecule has 2 aromatic rings. The Morgan fingerprint density at radius 1 is 1.41 bits per heavy atom. The molecule has 1 atom stereocenters. The Labute approximate surface area is 130 Å². The van der Waals surface area contributed by atoms with Gasteiger partial charge >= 0.3 is 0 Å². The molecule has 3 rings (SSSR count). The van der Waals surface area contributed by atoms with Crippen LogP contribution in [0.2, 0.25) is 0 Å². The third kappa shape index (κ3) is 3.84. The molecular formula is C16H22N4O2. The normalized spacial score (nSPS) is 19.8. The van der Waals surface area contributed by atoms with Crippen LogP contribution in [0, 0.1) is 6.92 Å². The van der Waals surface area contributed by atoms with Gasteiger partial charge in [0, 0.05) is 44.3 Å². The average Bonchev–Trinajstić information content (AvgIpc) is 2.76. The smallest absolute Gasteiger partial charge is 0.213 e. The number of aryl methyl sites for hydroxylation is 2. The summed E-state index contributed by atoms with van der Waals surface area (Å²) in [5, 5.41) is 0. The number of imidazole rings is 1. The van der Waals surface area contributed by atoms with Crippen molar-refractivity contribution < 1.29 is 9.47 Å². The van der Waals surface area contributed by atoms with Crippen molar-refractivity contribution in [3.05, 3.63) is 42.1 Å². The molecule has 0 N–H and O–H groups in total. The zero-order valence-corrected chi connectivity index (χ0v) is 13.1. The third-order valence-electron chi connectivity index (χ3n) is 3.75. The summed E-state index contributed by atoms with van der Waals surface area (Å²) in [6, 6.07) is 5.81. The Morgan fingerprint density at radius 3 is 3.09 bits per heavy atom. The molecule has 0 spiro atoms. The lowest BCUT2D eigenvalue weighted by Crippen LogP contribution is -2.36. The van der Waals surface area contributed by atoms with Crippen LogP contribution < -0.4 is 4.74 Å². The maximum atomic E-state index is 5.99. The SMILES string of the molecule is Cc1cccc(O[C@H]2COCCN(Cc3nccn3C)C2)n1. The van der Waals surface area contributed by atoms with E-state index in [2.05, 4.69) is 14.9 Å². The van der Waals surface area contributed by atoms with Gasteiger partial charge in [0.25, 0.3) is 0 Å². The summed E-state index contributed by atoms with van der Waals surface area (Å²) >= 11 is 0. The Morgan fingerprint density at radius 2 is 2.32 bits per heavy atom. The van der Waals surface area contributed by atoms with Gasteiger partial charge in [0.1, 0.15) is 11.9 Å². The first-order chi connectivity index (χ1) is 10.7. The van der Waals surface area contributed by atoms with Crippen molar-refractivity contribution in [1.82, 2.24) is 19.4 Å². The molecule has 22 heavy (non-hydrogen) atoms. The number of nitrogens with zero attached hydrogens (tertiary/aromatic N) is 4. The molecule has 2 aromatic heterocycles. The minimum absolute atomic E-state index is 0.0166. The van der Waals surface area contributed by atoms with Crippen molar-refractivity contribution >= 4 is 0 Å². The topological polar surface area (TPSA) is 52.4 Å². The minimum Gasteiger partial charge on any atom is -0.471 e. The summed E-state index contributed by atoms with van der Waals surface area (Å²) in [7, 11) is 2.02. The van der Waals surface area contributed by atoms with Crippen LogP contribution in [0.3, 0.4) is 0 Å². The minimum atomic E-state index is -0.0166. The second kappa shape index (κ2) is 6.89. The first-order valence-electron chi connectivity index (χ1n) is 7.57. The maximum absolute atomic E-state index is 5.99. The largest absolute Gasteiger partial charge is 0.471 e. The predicted molar refractivity (Wildman–Crippen MR) is 82.7 cm³/mol. The Balaban J connectivity index is 1.63. The summed E-state index contributed by atoms with van der Waals surface area (Å²) in [4.78, 5) is 11.1. The van der Waals surface area contributed by atoms with Crippen molar-refractivity contribution in [2.24, 2.45) is 7.05 Å². The highest BCUT2D eigenvalue weighted by Gasteiger charge is 2.21. The van der Waals surface area contributed by atoms with E-state index in [1.165, 1.54) is 0 Å². The van der Waals surface area contributed by atoms with E-state index >= 15 is 0 Å². The molecule has 3 heterocycles. The van der Waals surface area contributed by atoms with E-state index in [0.29, 0.717) is 19.1 Å². The second-order valence-corrected chi connectivity index (χ2v) is 5.62. The summed E-state index contributed by atoms with van der Waals surface area (Å²) in [5.74, 6) is 1.71. The van der Waals surface area contributed by atoms with Gasteiger partial charge in [-0.25, -0.2) is 9.97 Å². The molecule has 0 unspecified atom stereocenters. The van der Waals surface area contributed by atoms with Gasteiger partial charge in [-0.2, -0.15) is 0 Å². The quantitative estimate of drug-likeness (QED) is 0.854. The number of aromatic nitrogens is 3. The van der Waals surface area contributed by atoms with Gasteiger partial charge in [-0.3, -0.25) is 4.90 Å². The fourth-order valence-electron chi connectivity index (χ4n) is 2.56. The van der Waals surface area contributed by atoms with Crippen molar-refractivity contribution in [1.29, 1.82) is 0 Å². The van der Waals surface area contributed by atoms with E-state index in [1.54, 1.807) is 0 Å². The Kier molecular flexibility index (Phi) is 4.70. The van der Waals surface area contributed by atoms with E-state index in [4.69, 9.17) is 9.47 Å². The molecule has 1 fully saturated rings. The van der Waals surface area contributed by atoms with Gasteiger partial charge < -0.3 is 14.0 Å². The maximum Gasteiger partial charge on any atom is 0.213 e. The predicted octanol–water partition coefficient (Wildman–Crippen LogP) is 1.40. The fraction of sp³-hybridized carbons (Fsp3) is 0.500. The molecule has 6 nitrogen and oxygen atoms in total. The lowest BCUT2D eigenvalue weighted by atomic mass is 10.3. The van der Waals surface area contributed by atoms with Crippen LogP contribution >= 0.6 is 0 Å². The molecule has 1 saturated heterocycles. The lowest BCUT2D eigenvalue weighted by Gasteiger charge is -2.23. The molecular weight excluding hydrogens is 280 g/mol. The molecule has 0 saturated carbocycles. The molecule has 0 amide bonds. The van der Waals surface area contributed by atoms with Crippen LogP contribution in [0.25, 0.3) is 0 Å². The lowest BCUT2D eigenvalue weighted by molar-refractivity contribution is 0.0681. The van der Waals surface area contributed by atoms with Gasteiger partial charge in [-0.05, 0) is 13.0 Å². The van der Waals surface area contributed by atoms with Crippen molar-refractivity contribution in [2.45, 2.75) is 19.6 Å². The van der Waals surface area contributed by atoms with Gasteiger partial charge in [-0.1, -0.05) is 6.07 Å². The van der Waals surface area contributed by atoms with Crippen molar-refractivity contribution in [3.8, 4) is 5.88 Å². The standard InChI is InChI=1S/C16H22N4O2/c1-13-4-3-5-16(18-13)22-14-10-20(8-9-21-12-14)11-15-17-6-7-19(15)2/h3-7,14H,8-12H2,1-2H3/t14-/m1/s1. The van der Waals surface area contributed by atoms with Crippen LogP contribution in [0.5, 0.6) is 5.88 Å². The molecule has 1 aliphatic heterocycles. The van der Waals surface area contributed by atoms with E-state index in [1.807, 2.05) is 49.1 Å². The van der Waals surface area contributed by atoms with Gasteiger partial charge in [0.05, 0.1) is 19.8 Å². The molecule has 0 radical (unpaired) electrons. The second-order valence-electron chi connectivity index (χ2n) is 5.62.